The standard InChI is InChI=1S/C23H30N6O5/c1-14(13-30)29(25)22(24)18-5-4-6-20(26-18)27-23(32)17-9-15-11-28(21(31)7-8-33-2)12-16(15)10-19(17)34-3/h4-6,9-10,14,24,30H,7-8,11-13,25H2,1-3H3,(H,26,27,32). The Labute approximate surface area is 197 Å². The molecule has 0 saturated carbocycles. The van der Waals surface area contributed by atoms with Gasteiger partial charge in [-0.1, -0.05) is 6.07 Å². The van der Waals surface area contributed by atoms with Gasteiger partial charge in [0.2, 0.25) is 5.91 Å². The molecule has 182 valence electrons. The maximum Gasteiger partial charge on any atom is 0.260 e. The molecule has 2 heterocycles. The summed E-state index contributed by atoms with van der Waals surface area (Å²) in [5.41, 5.74) is 2.35. The number of aliphatic hydroxyl groups is 1. The minimum absolute atomic E-state index is 0.0176. The van der Waals surface area contributed by atoms with Crippen molar-refractivity contribution in [2.75, 3.05) is 32.8 Å². The molecule has 0 radical (unpaired) electrons. The minimum atomic E-state index is -0.468. The van der Waals surface area contributed by atoms with Crippen LogP contribution < -0.4 is 15.9 Å². The number of carbonyl (C=O) groups excluding carboxylic acids is 2. The summed E-state index contributed by atoms with van der Waals surface area (Å²) in [7, 11) is 3.03. The third-order valence-electron chi connectivity index (χ3n) is 5.59. The summed E-state index contributed by atoms with van der Waals surface area (Å²) in [6.45, 7) is 2.66. The average Bonchev–Trinajstić information content (AvgIpc) is 3.28. The fraction of sp³-hybridized carbons (Fsp3) is 0.391. The monoisotopic (exact) mass is 470 g/mol. The minimum Gasteiger partial charge on any atom is -0.496 e. The van der Waals surface area contributed by atoms with Gasteiger partial charge in [0.05, 0.1) is 38.3 Å². The number of amides is 2. The number of benzene rings is 1. The summed E-state index contributed by atoms with van der Waals surface area (Å²) in [6, 6.07) is 7.87. The van der Waals surface area contributed by atoms with Crippen LogP contribution in [0.4, 0.5) is 5.82 Å². The molecule has 5 N–H and O–H groups in total. The molecule has 11 nitrogen and oxygen atoms in total. The van der Waals surface area contributed by atoms with Crippen LogP contribution in [0.3, 0.4) is 0 Å². The molecule has 0 fully saturated rings. The lowest BCUT2D eigenvalue weighted by molar-refractivity contribution is -0.132. The molecule has 0 spiro atoms. The van der Waals surface area contributed by atoms with E-state index in [1.54, 1.807) is 49.3 Å². The van der Waals surface area contributed by atoms with Crippen molar-refractivity contribution in [1.29, 1.82) is 5.41 Å². The first-order valence-electron chi connectivity index (χ1n) is 10.8. The second-order valence-electron chi connectivity index (χ2n) is 7.96. The van der Waals surface area contributed by atoms with Gasteiger partial charge in [-0.3, -0.25) is 20.0 Å². The highest BCUT2D eigenvalue weighted by atomic mass is 16.5. The first-order chi connectivity index (χ1) is 16.3. The number of methoxy groups -OCH3 is 2. The Morgan fingerprint density at radius 1 is 1.29 bits per heavy atom. The highest BCUT2D eigenvalue weighted by Crippen LogP contribution is 2.31. The van der Waals surface area contributed by atoms with E-state index in [4.69, 9.17) is 20.7 Å². The zero-order valence-corrected chi connectivity index (χ0v) is 19.5. The van der Waals surface area contributed by atoms with Gasteiger partial charge in [-0.2, -0.15) is 0 Å². The summed E-state index contributed by atoms with van der Waals surface area (Å²) in [5, 5.41) is 21.3. The van der Waals surface area contributed by atoms with Gasteiger partial charge in [0.1, 0.15) is 17.3 Å². The predicted molar refractivity (Wildman–Crippen MR) is 125 cm³/mol. The van der Waals surface area contributed by atoms with Crippen LogP contribution in [-0.4, -0.2) is 71.1 Å². The number of fused-ring (bicyclic) bond motifs is 1. The second kappa shape index (κ2) is 11.1. The van der Waals surface area contributed by atoms with E-state index in [2.05, 4.69) is 10.3 Å². The number of nitrogens with two attached hydrogens (primary N) is 1. The molecule has 2 amide bonds. The van der Waals surface area contributed by atoms with Crippen molar-refractivity contribution in [3.8, 4) is 5.75 Å². The second-order valence-corrected chi connectivity index (χ2v) is 7.96. The van der Waals surface area contributed by atoms with Gasteiger partial charge in [-0.15, -0.1) is 0 Å². The zero-order valence-electron chi connectivity index (χ0n) is 19.5. The van der Waals surface area contributed by atoms with Crippen LogP contribution in [0, 0.1) is 5.41 Å². The van der Waals surface area contributed by atoms with Crippen molar-refractivity contribution >= 4 is 23.5 Å². The maximum atomic E-state index is 13.1. The number of carbonyl (C=O) groups is 2. The van der Waals surface area contributed by atoms with E-state index in [0.717, 1.165) is 16.1 Å². The Morgan fingerprint density at radius 2 is 2.00 bits per heavy atom. The Bertz CT molecular complexity index is 1080. The first kappa shape index (κ1) is 25.1. The summed E-state index contributed by atoms with van der Waals surface area (Å²) >= 11 is 0. The van der Waals surface area contributed by atoms with Gasteiger partial charge in [0, 0.05) is 20.2 Å². The molecule has 1 atom stereocenters. The Hall–Kier alpha value is -3.54. The largest absolute Gasteiger partial charge is 0.496 e. The quantitative estimate of drug-likeness (QED) is 0.184. The van der Waals surface area contributed by atoms with Crippen molar-refractivity contribution in [1.82, 2.24) is 14.9 Å². The Morgan fingerprint density at radius 3 is 2.65 bits per heavy atom. The summed E-state index contributed by atoms with van der Waals surface area (Å²) < 4.78 is 10.4. The van der Waals surface area contributed by atoms with E-state index in [0.29, 0.717) is 37.4 Å². The van der Waals surface area contributed by atoms with E-state index in [1.807, 2.05) is 0 Å². The number of rotatable bonds is 9. The van der Waals surface area contributed by atoms with Crippen molar-refractivity contribution in [3.63, 3.8) is 0 Å². The number of pyridine rings is 1. The van der Waals surface area contributed by atoms with E-state index < -0.39 is 11.9 Å². The number of anilines is 1. The number of nitrogens with zero attached hydrogens (tertiary/aromatic N) is 3. The fourth-order valence-corrected chi connectivity index (χ4v) is 3.56. The van der Waals surface area contributed by atoms with Crippen molar-refractivity contribution in [3.05, 3.63) is 52.7 Å². The molecule has 2 aromatic rings. The molecule has 34 heavy (non-hydrogen) atoms. The lowest BCUT2D eigenvalue weighted by atomic mass is 10.0. The summed E-state index contributed by atoms with van der Waals surface area (Å²) in [6.07, 6.45) is 0.295. The lowest BCUT2D eigenvalue weighted by Crippen LogP contribution is -2.46. The van der Waals surface area contributed by atoms with Crippen molar-refractivity contribution < 1.29 is 24.2 Å². The lowest BCUT2D eigenvalue weighted by Gasteiger charge is -2.24. The third-order valence-corrected chi connectivity index (χ3v) is 5.59. The van der Waals surface area contributed by atoms with Crippen LogP contribution in [0.5, 0.6) is 5.75 Å². The number of hydrogen-bond donors (Lipinski definition) is 4. The SMILES string of the molecule is COCCC(=O)N1Cc2cc(OC)c(C(=O)Nc3cccc(C(=N)N(N)C(C)CO)n3)cc2C1. The molecule has 1 aromatic heterocycles. The van der Waals surface area contributed by atoms with Gasteiger partial charge < -0.3 is 24.8 Å². The maximum absolute atomic E-state index is 13.1. The number of aliphatic hydroxyl groups excluding tert-OH is 1. The number of hydrazine groups is 1. The van der Waals surface area contributed by atoms with Gasteiger partial charge in [-0.05, 0) is 42.3 Å². The number of hydrogen-bond acceptors (Lipinski definition) is 8. The van der Waals surface area contributed by atoms with Crippen LogP contribution in [0.2, 0.25) is 0 Å². The summed E-state index contributed by atoms with van der Waals surface area (Å²) in [5.74, 6) is 5.94. The molecule has 0 saturated heterocycles. The molecule has 1 unspecified atom stereocenters. The van der Waals surface area contributed by atoms with Crippen LogP contribution in [0.15, 0.2) is 30.3 Å². The van der Waals surface area contributed by atoms with Crippen LogP contribution in [-0.2, 0) is 22.6 Å². The van der Waals surface area contributed by atoms with E-state index in [1.165, 1.54) is 7.11 Å². The molecule has 0 bridgehead atoms. The first-order valence-corrected chi connectivity index (χ1v) is 10.8. The fourth-order valence-electron chi connectivity index (χ4n) is 3.56. The van der Waals surface area contributed by atoms with E-state index in [9.17, 15) is 14.7 Å². The topological polar surface area (TPSA) is 154 Å². The Kier molecular flexibility index (Phi) is 8.16. The van der Waals surface area contributed by atoms with E-state index in [-0.39, 0.29) is 29.9 Å². The van der Waals surface area contributed by atoms with Gasteiger partial charge in [0.15, 0.2) is 5.84 Å². The molecule has 11 heteroatoms. The number of ether oxygens (including phenoxy) is 2. The van der Waals surface area contributed by atoms with Gasteiger partial charge in [0.25, 0.3) is 5.91 Å². The van der Waals surface area contributed by atoms with Crippen LogP contribution in [0.1, 0.15) is 40.5 Å². The highest BCUT2D eigenvalue weighted by molar-refractivity contribution is 6.06. The Balaban J connectivity index is 1.78. The number of nitrogens with one attached hydrogen (secondary N) is 2. The number of aromatic nitrogens is 1. The third kappa shape index (κ3) is 5.50. The zero-order chi connectivity index (χ0) is 24.8. The van der Waals surface area contributed by atoms with Gasteiger partial charge >= 0.3 is 0 Å². The molecule has 1 aliphatic rings. The molecular weight excluding hydrogens is 440 g/mol. The molecule has 3 rings (SSSR count). The smallest absolute Gasteiger partial charge is 0.260 e. The number of amidine groups is 1. The van der Waals surface area contributed by atoms with Gasteiger partial charge in [-0.25, -0.2) is 10.8 Å². The normalized spacial score (nSPS) is 13.3. The average molecular weight is 471 g/mol. The molecule has 1 aromatic carbocycles. The molecule has 0 aliphatic carbocycles. The highest BCUT2D eigenvalue weighted by Gasteiger charge is 2.26. The van der Waals surface area contributed by atoms with Crippen molar-refractivity contribution in [2.45, 2.75) is 32.5 Å². The van der Waals surface area contributed by atoms with Crippen LogP contribution >= 0.6 is 0 Å². The molecular formula is C23H30N6O5. The van der Waals surface area contributed by atoms with Crippen LogP contribution in [0.25, 0.3) is 0 Å². The van der Waals surface area contributed by atoms with Crippen molar-refractivity contribution in [2.24, 2.45) is 5.84 Å². The predicted octanol–water partition coefficient (Wildman–Crippen LogP) is 1.10. The van der Waals surface area contributed by atoms with E-state index >= 15 is 0 Å². The molecule has 1 aliphatic heterocycles. The summed E-state index contributed by atoms with van der Waals surface area (Å²) in [4.78, 5) is 31.5.